The minimum Gasteiger partial charge on any atom is -0.416 e. The molecule has 3 rings (SSSR count). The molecule has 1 N–H and O–H groups in total. The Kier molecular flexibility index (Phi) is 10.9. The second kappa shape index (κ2) is 13.3. The van der Waals surface area contributed by atoms with Gasteiger partial charge in [0, 0.05) is 35.7 Å². The molecule has 2 heterocycles. The average molecular weight is 618 g/mol. The molecule has 2 aromatic heterocycles. The van der Waals surface area contributed by atoms with Crippen LogP contribution in [-0.2, 0) is 8.85 Å². The maximum absolute atomic E-state index is 13.4. The molecule has 10 heteroatoms. The third kappa shape index (κ3) is 7.44. The largest absolute Gasteiger partial charge is 0.416 e. The molecule has 0 aromatic carbocycles. The highest BCUT2D eigenvalue weighted by molar-refractivity contribution is 7.12. The lowest BCUT2D eigenvalue weighted by molar-refractivity contribution is 0.0971. The van der Waals surface area contributed by atoms with Crippen molar-refractivity contribution < 1.29 is 18.4 Å². The zero-order valence-corrected chi connectivity index (χ0v) is 29.7. The van der Waals surface area contributed by atoms with Crippen LogP contribution < -0.4 is 5.32 Å². The lowest BCUT2D eigenvalue weighted by atomic mass is 10.1. The summed E-state index contributed by atoms with van der Waals surface area (Å²) in [5.74, 6) is 0.597. The number of ketones is 1. The first kappa shape index (κ1) is 33.8. The van der Waals surface area contributed by atoms with Crippen LogP contribution in [0.1, 0.15) is 101 Å². The molecule has 0 radical (unpaired) electrons. The Morgan fingerprint density at radius 3 is 2.29 bits per heavy atom. The zero-order valence-electron chi connectivity index (χ0n) is 26.9. The van der Waals surface area contributed by atoms with E-state index in [0.29, 0.717) is 45.1 Å². The molecular formula is C31H51N3O4SSi2. The number of thiophene rings is 1. The number of anilines is 1. The number of carbonyl (C=O) groups excluding carboxylic acids is 2. The molecule has 228 valence electrons. The smallest absolute Gasteiger partial charge is 0.208 e. The van der Waals surface area contributed by atoms with E-state index in [-0.39, 0.29) is 28.9 Å². The summed E-state index contributed by atoms with van der Waals surface area (Å²) in [6.07, 6.45) is 5.58. The first-order chi connectivity index (χ1) is 19.0. The monoisotopic (exact) mass is 617 g/mol. The standard InChI is InChI=1S/C31H51N3O4SSi2/c1-20(2)41(21(3)4,22(5)6)38-27-14-25(13-24(27)17-37-40(10,11)31(7,8)9)34-30-26(15-32-19-33-30)29(36)28-12-23(16-35)18-39-28/h12,15-16,18-22,24-25,27H,13-14,17H2,1-11H3,(H,32,33,34)/t24-,25-,27+/m1/s1. The highest BCUT2D eigenvalue weighted by Gasteiger charge is 2.50. The maximum atomic E-state index is 13.4. The Hall–Kier alpha value is -1.73. The molecule has 0 bridgehead atoms. The summed E-state index contributed by atoms with van der Waals surface area (Å²) in [5, 5.41) is 5.42. The van der Waals surface area contributed by atoms with Gasteiger partial charge in [0.1, 0.15) is 12.1 Å². The molecule has 7 nitrogen and oxygen atoms in total. The number of aromatic nitrogens is 2. The van der Waals surface area contributed by atoms with Gasteiger partial charge in [0.25, 0.3) is 0 Å². The lowest BCUT2D eigenvalue weighted by Crippen LogP contribution is -2.51. The van der Waals surface area contributed by atoms with Crippen LogP contribution in [0.4, 0.5) is 5.82 Å². The molecule has 0 aliphatic heterocycles. The molecule has 0 spiro atoms. The van der Waals surface area contributed by atoms with E-state index in [2.05, 4.69) is 90.7 Å². The maximum Gasteiger partial charge on any atom is 0.208 e. The normalized spacial score (nSPS) is 20.3. The summed E-state index contributed by atoms with van der Waals surface area (Å²) in [6.45, 7) is 26.1. The van der Waals surface area contributed by atoms with Gasteiger partial charge in [-0.3, -0.25) is 9.59 Å². The first-order valence-electron chi connectivity index (χ1n) is 15.0. The fourth-order valence-corrected chi connectivity index (χ4v) is 13.7. The molecule has 1 aliphatic carbocycles. The fourth-order valence-electron chi connectivity index (χ4n) is 6.19. The number of nitrogens with zero attached hydrogens (tertiary/aromatic N) is 2. The van der Waals surface area contributed by atoms with E-state index < -0.39 is 16.6 Å². The summed E-state index contributed by atoms with van der Waals surface area (Å²) in [7, 11) is -4.06. The third-order valence-electron chi connectivity index (χ3n) is 9.43. The van der Waals surface area contributed by atoms with E-state index in [1.807, 2.05) is 0 Å². The van der Waals surface area contributed by atoms with Crippen molar-refractivity contribution in [2.24, 2.45) is 5.92 Å². The van der Waals surface area contributed by atoms with Crippen LogP contribution in [0.3, 0.4) is 0 Å². The lowest BCUT2D eigenvalue weighted by Gasteiger charge is -2.45. The summed E-state index contributed by atoms with van der Waals surface area (Å²) in [6, 6.07) is 1.71. The average Bonchev–Trinajstić information content (AvgIpc) is 3.51. The summed E-state index contributed by atoms with van der Waals surface area (Å²) in [4.78, 5) is 33.6. The van der Waals surface area contributed by atoms with Crippen LogP contribution in [0.15, 0.2) is 24.0 Å². The molecule has 0 saturated heterocycles. The topological polar surface area (TPSA) is 90.4 Å². The van der Waals surface area contributed by atoms with Crippen molar-refractivity contribution in [3.63, 3.8) is 0 Å². The molecule has 0 amide bonds. The van der Waals surface area contributed by atoms with Crippen molar-refractivity contribution in [2.75, 3.05) is 11.9 Å². The number of nitrogens with one attached hydrogen (secondary N) is 1. The predicted molar refractivity (Wildman–Crippen MR) is 174 cm³/mol. The van der Waals surface area contributed by atoms with Gasteiger partial charge in [0.2, 0.25) is 14.1 Å². The van der Waals surface area contributed by atoms with Gasteiger partial charge in [0.15, 0.2) is 14.6 Å². The van der Waals surface area contributed by atoms with Crippen LogP contribution in [0.5, 0.6) is 0 Å². The van der Waals surface area contributed by atoms with Crippen LogP contribution in [0.25, 0.3) is 0 Å². The minimum atomic E-state index is -2.12. The van der Waals surface area contributed by atoms with E-state index in [0.717, 1.165) is 19.1 Å². The van der Waals surface area contributed by atoms with Gasteiger partial charge in [-0.25, -0.2) is 9.97 Å². The summed E-state index contributed by atoms with van der Waals surface area (Å²) < 4.78 is 14.2. The highest BCUT2D eigenvalue weighted by Crippen LogP contribution is 2.46. The van der Waals surface area contributed by atoms with Gasteiger partial charge < -0.3 is 14.2 Å². The number of hydrogen-bond acceptors (Lipinski definition) is 8. The van der Waals surface area contributed by atoms with Crippen LogP contribution in [-0.4, -0.2) is 57.4 Å². The van der Waals surface area contributed by atoms with Crippen molar-refractivity contribution in [3.05, 3.63) is 40.0 Å². The molecule has 2 aromatic rings. The van der Waals surface area contributed by atoms with Crippen molar-refractivity contribution >= 4 is 45.9 Å². The molecule has 41 heavy (non-hydrogen) atoms. The highest BCUT2D eigenvalue weighted by atomic mass is 32.1. The van der Waals surface area contributed by atoms with Gasteiger partial charge in [0.05, 0.1) is 16.5 Å². The second-order valence-electron chi connectivity index (χ2n) is 14.1. The van der Waals surface area contributed by atoms with E-state index in [4.69, 9.17) is 8.85 Å². The van der Waals surface area contributed by atoms with Gasteiger partial charge in [-0.2, -0.15) is 0 Å². The molecule has 1 fully saturated rings. The molecule has 1 aliphatic rings. The van der Waals surface area contributed by atoms with Crippen molar-refractivity contribution in [2.45, 2.75) is 122 Å². The van der Waals surface area contributed by atoms with Gasteiger partial charge in [-0.05, 0) is 53.7 Å². The van der Waals surface area contributed by atoms with Gasteiger partial charge >= 0.3 is 0 Å². The summed E-state index contributed by atoms with van der Waals surface area (Å²) >= 11 is 1.26. The van der Waals surface area contributed by atoms with Crippen LogP contribution >= 0.6 is 11.3 Å². The van der Waals surface area contributed by atoms with E-state index >= 15 is 0 Å². The number of carbonyl (C=O) groups is 2. The second-order valence-corrected chi connectivity index (χ2v) is 25.2. The van der Waals surface area contributed by atoms with E-state index in [1.54, 1.807) is 17.6 Å². The molecule has 3 atom stereocenters. The Labute approximate surface area is 253 Å². The van der Waals surface area contributed by atoms with E-state index in [9.17, 15) is 9.59 Å². The minimum absolute atomic E-state index is 0.0737. The Bertz CT molecular complexity index is 1170. The number of hydrogen-bond donors (Lipinski definition) is 1. The Balaban J connectivity index is 1.90. The van der Waals surface area contributed by atoms with Crippen molar-refractivity contribution in [1.82, 2.24) is 9.97 Å². The van der Waals surface area contributed by atoms with Crippen molar-refractivity contribution in [3.8, 4) is 0 Å². The quantitative estimate of drug-likeness (QED) is 0.137. The fraction of sp³-hybridized carbons (Fsp3) is 0.677. The van der Waals surface area contributed by atoms with Gasteiger partial charge in [-0.1, -0.05) is 62.3 Å². The first-order valence-corrected chi connectivity index (χ1v) is 20.9. The van der Waals surface area contributed by atoms with Crippen molar-refractivity contribution in [1.29, 1.82) is 0 Å². The van der Waals surface area contributed by atoms with Crippen LogP contribution in [0, 0.1) is 5.92 Å². The number of aldehydes is 1. The Morgan fingerprint density at radius 2 is 1.76 bits per heavy atom. The summed E-state index contributed by atoms with van der Waals surface area (Å²) in [5.41, 5.74) is 2.39. The molecular weight excluding hydrogens is 567 g/mol. The molecule has 0 unspecified atom stereocenters. The zero-order chi connectivity index (χ0) is 30.8. The van der Waals surface area contributed by atoms with Crippen LogP contribution in [0.2, 0.25) is 34.8 Å². The Morgan fingerprint density at radius 1 is 1.12 bits per heavy atom. The van der Waals surface area contributed by atoms with E-state index in [1.165, 1.54) is 17.7 Å². The number of rotatable bonds is 13. The third-order valence-corrected chi connectivity index (χ3v) is 21.0. The molecule has 1 saturated carbocycles. The van der Waals surface area contributed by atoms with Gasteiger partial charge in [-0.15, -0.1) is 11.3 Å². The predicted octanol–water partition coefficient (Wildman–Crippen LogP) is 8.35. The SMILES string of the molecule is CC(C)[Si](O[C@H]1C[C@H](Nc2ncncc2C(=O)c2cc(C=O)cs2)C[C@@H]1CO[Si](C)(C)C(C)(C)C)(C(C)C)C(C)C.